The predicted molar refractivity (Wildman–Crippen MR) is 90.2 cm³/mol. The van der Waals surface area contributed by atoms with Gasteiger partial charge in [-0.15, -0.1) is 0 Å². The lowest BCUT2D eigenvalue weighted by Crippen LogP contribution is -2.07. The number of halogens is 1. The Morgan fingerprint density at radius 3 is 2.74 bits per heavy atom. The Morgan fingerprint density at radius 2 is 2.00 bits per heavy atom. The maximum atomic E-state index is 11.3. The molecule has 1 aromatic carbocycles. The average molecular weight is 327 g/mol. The zero-order valence-corrected chi connectivity index (χ0v) is 13.6. The fourth-order valence-electron chi connectivity index (χ4n) is 2.65. The molecule has 4 nitrogen and oxygen atoms in total. The van der Waals surface area contributed by atoms with Crippen molar-refractivity contribution in [2.45, 2.75) is 20.3 Å². The maximum absolute atomic E-state index is 11.3. The molecule has 0 saturated heterocycles. The number of carboxylic acid groups (broad SMARTS) is 1. The van der Waals surface area contributed by atoms with Gasteiger partial charge in [0.15, 0.2) is 0 Å². The zero-order chi connectivity index (χ0) is 16.6. The lowest BCUT2D eigenvalue weighted by molar-refractivity contribution is 0.0695. The van der Waals surface area contributed by atoms with Crippen LogP contribution in [-0.4, -0.2) is 21.0 Å². The number of hydrogen-bond donors (Lipinski definition) is 1. The van der Waals surface area contributed by atoms with Crippen molar-refractivity contribution in [2.24, 2.45) is 0 Å². The minimum absolute atomic E-state index is 0.304. The number of benzene rings is 1. The third kappa shape index (κ3) is 3.17. The predicted octanol–water partition coefficient (Wildman–Crippen LogP) is 4.19. The lowest BCUT2D eigenvalue weighted by Gasteiger charge is -2.10. The standard InChI is InChI=1S/C18H15ClN2O2/c1-10-5-15(18(22)23)11(2)17(21-10)7-12-3-4-16-13(6-12)8-14(19)9-20-16/h3-6,8-9H,7H2,1-2H3,(H,22,23). The van der Waals surface area contributed by atoms with E-state index in [0.29, 0.717) is 28.3 Å². The van der Waals surface area contributed by atoms with E-state index >= 15 is 0 Å². The molecule has 23 heavy (non-hydrogen) atoms. The normalized spacial score (nSPS) is 10.9. The first-order chi connectivity index (χ1) is 10.9. The van der Waals surface area contributed by atoms with Gasteiger partial charge in [-0.2, -0.15) is 0 Å². The molecule has 0 bridgehead atoms. The second-order valence-electron chi connectivity index (χ2n) is 5.55. The molecule has 2 heterocycles. The van der Waals surface area contributed by atoms with Crippen molar-refractivity contribution in [3.05, 3.63) is 69.6 Å². The highest BCUT2D eigenvalue weighted by Gasteiger charge is 2.13. The van der Waals surface area contributed by atoms with Crippen molar-refractivity contribution >= 4 is 28.5 Å². The second kappa shape index (κ2) is 5.97. The number of rotatable bonds is 3. The number of carboxylic acids is 1. The molecule has 3 rings (SSSR count). The number of pyridine rings is 2. The summed E-state index contributed by atoms with van der Waals surface area (Å²) in [6.07, 6.45) is 2.19. The maximum Gasteiger partial charge on any atom is 0.336 e. The molecule has 1 N–H and O–H groups in total. The first-order valence-corrected chi connectivity index (χ1v) is 7.56. The van der Waals surface area contributed by atoms with Crippen molar-refractivity contribution in [3.63, 3.8) is 0 Å². The van der Waals surface area contributed by atoms with Gasteiger partial charge in [-0.3, -0.25) is 9.97 Å². The summed E-state index contributed by atoms with van der Waals surface area (Å²) in [7, 11) is 0. The van der Waals surface area contributed by atoms with Crippen LogP contribution in [0.5, 0.6) is 0 Å². The van der Waals surface area contributed by atoms with Gasteiger partial charge >= 0.3 is 5.97 Å². The van der Waals surface area contributed by atoms with Crippen molar-refractivity contribution in [2.75, 3.05) is 0 Å². The monoisotopic (exact) mass is 326 g/mol. The van der Waals surface area contributed by atoms with E-state index in [4.69, 9.17) is 11.6 Å². The van der Waals surface area contributed by atoms with Gasteiger partial charge in [0.1, 0.15) is 0 Å². The van der Waals surface area contributed by atoms with Gasteiger partial charge in [-0.05, 0) is 49.2 Å². The summed E-state index contributed by atoms with van der Waals surface area (Å²) in [4.78, 5) is 20.1. The fourth-order valence-corrected chi connectivity index (χ4v) is 2.82. The summed E-state index contributed by atoms with van der Waals surface area (Å²) in [5, 5.41) is 10.8. The number of aromatic carboxylic acids is 1. The molecule has 5 heteroatoms. The Labute approximate surface area is 138 Å². The molecule has 0 saturated carbocycles. The third-order valence-electron chi connectivity index (χ3n) is 3.82. The van der Waals surface area contributed by atoms with Crippen molar-refractivity contribution in [1.29, 1.82) is 0 Å². The van der Waals surface area contributed by atoms with Crippen molar-refractivity contribution < 1.29 is 9.90 Å². The number of aryl methyl sites for hydroxylation is 1. The molecule has 3 aromatic rings. The van der Waals surface area contributed by atoms with E-state index in [1.165, 1.54) is 0 Å². The van der Waals surface area contributed by atoms with Crippen LogP contribution >= 0.6 is 11.6 Å². The van der Waals surface area contributed by atoms with Crippen LogP contribution in [0.25, 0.3) is 10.9 Å². The van der Waals surface area contributed by atoms with Gasteiger partial charge in [0.25, 0.3) is 0 Å². The Morgan fingerprint density at radius 1 is 1.22 bits per heavy atom. The first kappa shape index (κ1) is 15.4. The van der Waals surface area contributed by atoms with Crippen LogP contribution in [0.2, 0.25) is 5.02 Å². The summed E-state index contributed by atoms with van der Waals surface area (Å²) < 4.78 is 0. The molecular formula is C18H15ClN2O2. The minimum atomic E-state index is -0.927. The lowest BCUT2D eigenvalue weighted by atomic mass is 10.00. The summed E-state index contributed by atoms with van der Waals surface area (Å²) in [5.74, 6) is -0.927. The Kier molecular flexibility index (Phi) is 4.01. The molecule has 0 aliphatic carbocycles. The molecule has 0 aliphatic heterocycles. The smallest absolute Gasteiger partial charge is 0.336 e. The fraction of sp³-hybridized carbons (Fsp3) is 0.167. The van der Waals surface area contributed by atoms with Gasteiger partial charge in [0.05, 0.1) is 16.1 Å². The third-order valence-corrected chi connectivity index (χ3v) is 4.02. The van der Waals surface area contributed by atoms with Crippen LogP contribution in [0.15, 0.2) is 36.5 Å². The SMILES string of the molecule is Cc1cc(C(=O)O)c(C)c(Cc2ccc3ncc(Cl)cc3c2)n1. The van der Waals surface area contributed by atoms with Crippen LogP contribution in [0.3, 0.4) is 0 Å². The molecule has 0 amide bonds. The van der Waals surface area contributed by atoms with Crippen molar-refractivity contribution in [1.82, 2.24) is 9.97 Å². The largest absolute Gasteiger partial charge is 0.478 e. The van der Waals surface area contributed by atoms with Gasteiger partial charge in [-0.1, -0.05) is 17.7 Å². The van der Waals surface area contributed by atoms with Crippen LogP contribution in [0.1, 0.15) is 32.9 Å². The van der Waals surface area contributed by atoms with E-state index in [2.05, 4.69) is 9.97 Å². The highest BCUT2D eigenvalue weighted by molar-refractivity contribution is 6.31. The highest BCUT2D eigenvalue weighted by Crippen LogP contribution is 2.22. The second-order valence-corrected chi connectivity index (χ2v) is 5.98. The van der Waals surface area contributed by atoms with E-state index in [1.807, 2.05) is 24.3 Å². The molecular weight excluding hydrogens is 312 g/mol. The summed E-state index contributed by atoms with van der Waals surface area (Å²) in [6.45, 7) is 3.60. The highest BCUT2D eigenvalue weighted by atomic mass is 35.5. The quantitative estimate of drug-likeness (QED) is 0.784. The van der Waals surface area contributed by atoms with E-state index in [1.54, 1.807) is 26.1 Å². The average Bonchev–Trinajstić information content (AvgIpc) is 2.50. The van der Waals surface area contributed by atoms with Gasteiger partial charge < -0.3 is 5.11 Å². The van der Waals surface area contributed by atoms with E-state index in [9.17, 15) is 9.90 Å². The Hall–Kier alpha value is -2.46. The Bertz CT molecular complexity index is 922. The number of aromatic nitrogens is 2. The minimum Gasteiger partial charge on any atom is -0.478 e. The van der Waals surface area contributed by atoms with E-state index in [-0.39, 0.29) is 0 Å². The van der Waals surface area contributed by atoms with Crippen LogP contribution in [0.4, 0.5) is 0 Å². The van der Waals surface area contributed by atoms with Crippen LogP contribution < -0.4 is 0 Å². The molecule has 0 aliphatic rings. The van der Waals surface area contributed by atoms with Crippen LogP contribution in [0, 0.1) is 13.8 Å². The molecule has 0 atom stereocenters. The number of carbonyl (C=O) groups is 1. The zero-order valence-electron chi connectivity index (χ0n) is 12.8. The molecule has 0 fully saturated rings. The van der Waals surface area contributed by atoms with Crippen LogP contribution in [-0.2, 0) is 6.42 Å². The topological polar surface area (TPSA) is 63.1 Å². The number of nitrogens with zero attached hydrogens (tertiary/aromatic N) is 2. The molecule has 0 spiro atoms. The van der Waals surface area contributed by atoms with Gasteiger partial charge in [-0.25, -0.2) is 4.79 Å². The molecule has 116 valence electrons. The summed E-state index contributed by atoms with van der Waals surface area (Å²) >= 11 is 5.99. The van der Waals surface area contributed by atoms with E-state index in [0.717, 1.165) is 22.2 Å². The summed E-state index contributed by atoms with van der Waals surface area (Å²) in [6, 6.07) is 9.40. The van der Waals surface area contributed by atoms with Gasteiger partial charge in [0, 0.05) is 29.4 Å². The summed E-state index contributed by atoms with van der Waals surface area (Å²) in [5.41, 5.74) is 4.40. The number of fused-ring (bicyclic) bond motifs is 1. The van der Waals surface area contributed by atoms with Crippen molar-refractivity contribution in [3.8, 4) is 0 Å². The number of hydrogen-bond acceptors (Lipinski definition) is 3. The molecule has 2 aromatic heterocycles. The molecule has 0 radical (unpaired) electrons. The van der Waals surface area contributed by atoms with E-state index < -0.39 is 5.97 Å². The Balaban J connectivity index is 2.03. The first-order valence-electron chi connectivity index (χ1n) is 7.18. The van der Waals surface area contributed by atoms with Gasteiger partial charge in [0.2, 0.25) is 0 Å². The molecule has 0 unspecified atom stereocenters.